The van der Waals surface area contributed by atoms with Crippen LogP contribution >= 0.6 is 15.9 Å². The van der Waals surface area contributed by atoms with Crippen molar-refractivity contribution in [3.8, 4) is 5.75 Å². The third kappa shape index (κ3) is 2.70. The van der Waals surface area contributed by atoms with Gasteiger partial charge >= 0.3 is 0 Å². The van der Waals surface area contributed by atoms with E-state index in [0.29, 0.717) is 29.7 Å². The molecule has 1 amide bonds. The SMILES string of the molecule is COc1ccc(N2CC(CBr)CC2=O)c([N+](=O)[O-])c1. The van der Waals surface area contributed by atoms with Crippen molar-refractivity contribution in [3.63, 3.8) is 0 Å². The van der Waals surface area contributed by atoms with Crippen LogP contribution in [0.5, 0.6) is 5.75 Å². The maximum Gasteiger partial charge on any atom is 0.296 e. The van der Waals surface area contributed by atoms with Gasteiger partial charge in [0.15, 0.2) is 0 Å². The topological polar surface area (TPSA) is 72.7 Å². The first-order chi connectivity index (χ1) is 9.06. The fraction of sp³-hybridized carbons (Fsp3) is 0.417. The van der Waals surface area contributed by atoms with E-state index in [9.17, 15) is 14.9 Å². The first-order valence-corrected chi connectivity index (χ1v) is 6.87. The average molecular weight is 329 g/mol. The maximum atomic E-state index is 11.9. The molecule has 0 spiro atoms. The molecular weight excluding hydrogens is 316 g/mol. The van der Waals surface area contributed by atoms with E-state index >= 15 is 0 Å². The largest absolute Gasteiger partial charge is 0.496 e. The Hall–Kier alpha value is -1.63. The smallest absolute Gasteiger partial charge is 0.296 e. The van der Waals surface area contributed by atoms with Crippen LogP contribution in [0.25, 0.3) is 0 Å². The van der Waals surface area contributed by atoms with Gasteiger partial charge in [-0.25, -0.2) is 0 Å². The van der Waals surface area contributed by atoms with Crippen molar-refractivity contribution in [3.05, 3.63) is 28.3 Å². The number of methoxy groups -OCH3 is 1. The van der Waals surface area contributed by atoms with Gasteiger partial charge in [0, 0.05) is 18.3 Å². The number of halogens is 1. The van der Waals surface area contributed by atoms with Crippen LogP contribution in [-0.4, -0.2) is 29.8 Å². The molecule has 1 aliphatic rings. The van der Waals surface area contributed by atoms with Gasteiger partial charge in [0.05, 0.1) is 18.1 Å². The molecule has 1 atom stereocenters. The number of nitro benzene ring substituents is 1. The highest BCUT2D eigenvalue weighted by Gasteiger charge is 2.33. The number of amides is 1. The summed E-state index contributed by atoms with van der Waals surface area (Å²) in [5.74, 6) is 0.506. The van der Waals surface area contributed by atoms with E-state index in [0.717, 1.165) is 0 Å². The Morgan fingerprint density at radius 3 is 2.84 bits per heavy atom. The zero-order chi connectivity index (χ0) is 14.0. The number of carbonyl (C=O) groups is 1. The van der Waals surface area contributed by atoms with E-state index in [2.05, 4.69) is 15.9 Å². The first-order valence-electron chi connectivity index (χ1n) is 5.75. The monoisotopic (exact) mass is 328 g/mol. The molecule has 0 aromatic heterocycles. The van der Waals surface area contributed by atoms with Gasteiger partial charge < -0.3 is 9.64 Å². The molecule has 1 saturated heterocycles. The Bertz CT molecular complexity index is 520. The summed E-state index contributed by atoms with van der Waals surface area (Å²) in [6.45, 7) is 0.497. The van der Waals surface area contributed by atoms with Gasteiger partial charge in [-0.2, -0.15) is 0 Å². The number of ether oxygens (including phenoxy) is 1. The summed E-state index contributed by atoms with van der Waals surface area (Å²) >= 11 is 3.34. The predicted octanol–water partition coefficient (Wildman–Crippen LogP) is 2.35. The van der Waals surface area contributed by atoms with Gasteiger partial charge in [0.1, 0.15) is 11.4 Å². The summed E-state index contributed by atoms with van der Waals surface area (Å²) < 4.78 is 4.98. The fourth-order valence-corrected chi connectivity index (χ4v) is 2.56. The van der Waals surface area contributed by atoms with Crippen LogP contribution in [-0.2, 0) is 4.79 Å². The highest BCUT2D eigenvalue weighted by atomic mass is 79.9. The molecular formula is C12H13BrN2O4. The van der Waals surface area contributed by atoms with Crippen molar-refractivity contribution >= 4 is 33.2 Å². The molecule has 1 unspecified atom stereocenters. The minimum atomic E-state index is -0.493. The Labute approximate surface area is 118 Å². The van der Waals surface area contributed by atoms with Crippen LogP contribution in [0, 0.1) is 16.0 Å². The van der Waals surface area contributed by atoms with Crippen molar-refractivity contribution in [1.29, 1.82) is 0 Å². The summed E-state index contributed by atoms with van der Waals surface area (Å²) in [5.41, 5.74) is 0.224. The highest BCUT2D eigenvalue weighted by Crippen LogP contribution is 2.35. The van der Waals surface area contributed by atoms with Crippen LogP contribution in [0.2, 0.25) is 0 Å². The van der Waals surface area contributed by atoms with Crippen LogP contribution in [0.4, 0.5) is 11.4 Å². The van der Waals surface area contributed by atoms with E-state index in [1.165, 1.54) is 18.1 Å². The number of nitrogens with zero attached hydrogens (tertiary/aromatic N) is 2. The van der Waals surface area contributed by atoms with Crippen molar-refractivity contribution in [2.24, 2.45) is 5.92 Å². The molecule has 0 N–H and O–H groups in total. The second-order valence-corrected chi connectivity index (χ2v) is 4.99. The van der Waals surface area contributed by atoms with Crippen LogP contribution in [0.15, 0.2) is 18.2 Å². The van der Waals surface area contributed by atoms with Crippen molar-refractivity contribution in [1.82, 2.24) is 0 Å². The third-order valence-electron chi connectivity index (χ3n) is 3.09. The normalized spacial score (nSPS) is 18.7. The van der Waals surface area contributed by atoms with Gasteiger partial charge in [0.25, 0.3) is 5.69 Å². The van der Waals surface area contributed by atoms with Gasteiger partial charge in [-0.1, -0.05) is 15.9 Å². The molecule has 1 aromatic carbocycles. The molecule has 2 rings (SSSR count). The van der Waals surface area contributed by atoms with Gasteiger partial charge in [-0.3, -0.25) is 14.9 Å². The van der Waals surface area contributed by atoms with Crippen LogP contribution in [0.1, 0.15) is 6.42 Å². The Kier molecular flexibility index (Phi) is 4.04. The van der Waals surface area contributed by atoms with Crippen LogP contribution in [0.3, 0.4) is 0 Å². The molecule has 1 heterocycles. The number of rotatable bonds is 4. The number of carbonyl (C=O) groups excluding carboxylic acids is 1. The molecule has 6 nitrogen and oxygen atoms in total. The zero-order valence-corrected chi connectivity index (χ0v) is 11.9. The van der Waals surface area contributed by atoms with Crippen molar-refractivity contribution in [2.75, 3.05) is 23.9 Å². The zero-order valence-electron chi connectivity index (χ0n) is 10.3. The third-order valence-corrected chi connectivity index (χ3v) is 4.01. The lowest BCUT2D eigenvalue weighted by atomic mass is 10.2. The summed E-state index contributed by atoms with van der Waals surface area (Å²) in [7, 11) is 1.45. The van der Waals surface area contributed by atoms with Crippen LogP contribution < -0.4 is 9.64 Å². The van der Waals surface area contributed by atoms with Gasteiger partial charge in [-0.15, -0.1) is 0 Å². The lowest BCUT2D eigenvalue weighted by molar-refractivity contribution is -0.384. The summed E-state index contributed by atoms with van der Waals surface area (Å²) in [4.78, 5) is 24.0. The number of anilines is 1. The standard InChI is InChI=1S/C12H13BrN2O4/c1-19-9-2-3-10(11(5-9)15(17)18)14-7-8(6-13)4-12(14)16/h2-3,5,8H,4,6-7H2,1H3. The molecule has 7 heteroatoms. The molecule has 1 aromatic rings. The second-order valence-electron chi connectivity index (χ2n) is 4.34. The quantitative estimate of drug-likeness (QED) is 0.483. The Morgan fingerprint density at radius 2 is 2.32 bits per heavy atom. The molecule has 19 heavy (non-hydrogen) atoms. The minimum absolute atomic E-state index is 0.0854. The number of hydrogen-bond donors (Lipinski definition) is 0. The molecule has 0 aliphatic carbocycles. The number of alkyl halides is 1. The molecule has 102 valence electrons. The first kappa shape index (κ1) is 13.8. The lowest BCUT2D eigenvalue weighted by Crippen LogP contribution is -2.25. The summed E-state index contributed by atoms with van der Waals surface area (Å²) in [5, 5.41) is 11.8. The maximum absolute atomic E-state index is 11.9. The van der Waals surface area contributed by atoms with Crippen molar-refractivity contribution in [2.45, 2.75) is 6.42 Å². The second kappa shape index (κ2) is 5.56. The van der Waals surface area contributed by atoms with Crippen molar-refractivity contribution < 1.29 is 14.5 Å². The highest BCUT2D eigenvalue weighted by molar-refractivity contribution is 9.09. The summed E-state index contributed by atoms with van der Waals surface area (Å²) in [6.07, 6.45) is 0.411. The van der Waals surface area contributed by atoms with E-state index in [-0.39, 0.29) is 17.5 Å². The van der Waals surface area contributed by atoms with Gasteiger partial charge in [-0.05, 0) is 18.1 Å². The number of benzene rings is 1. The fourth-order valence-electron chi connectivity index (χ4n) is 2.12. The molecule has 1 aliphatic heterocycles. The Morgan fingerprint density at radius 1 is 1.58 bits per heavy atom. The Balaban J connectivity index is 2.39. The van der Waals surface area contributed by atoms with Gasteiger partial charge in [0.2, 0.25) is 5.91 Å². The minimum Gasteiger partial charge on any atom is -0.496 e. The molecule has 0 saturated carbocycles. The van der Waals surface area contributed by atoms with E-state index in [1.807, 2.05) is 0 Å². The molecule has 0 radical (unpaired) electrons. The predicted molar refractivity (Wildman–Crippen MR) is 73.9 cm³/mol. The van der Waals surface area contributed by atoms with E-state index in [1.54, 1.807) is 12.1 Å². The molecule has 0 bridgehead atoms. The number of nitro groups is 1. The van der Waals surface area contributed by atoms with E-state index in [4.69, 9.17) is 4.74 Å². The lowest BCUT2D eigenvalue weighted by Gasteiger charge is -2.16. The number of hydrogen-bond acceptors (Lipinski definition) is 4. The van der Waals surface area contributed by atoms with E-state index < -0.39 is 4.92 Å². The summed E-state index contributed by atoms with van der Waals surface area (Å²) in [6, 6.07) is 4.52. The average Bonchev–Trinajstić information content (AvgIpc) is 2.79. The molecule has 1 fully saturated rings.